The van der Waals surface area contributed by atoms with Crippen molar-refractivity contribution in [3.05, 3.63) is 216 Å². The van der Waals surface area contributed by atoms with Gasteiger partial charge >= 0.3 is 20.1 Å². The van der Waals surface area contributed by atoms with E-state index in [-0.39, 0.29) is 48.4 Å². The largest absolute Gasteiger partial charge is 3.00 e. The van der Waals surface area contributed by atoms with Crippen molar-refractivity contribution in [2.45, 2.75) is 31.5 Å². The Kier molecular flexibility index (Phi) is 8.24. The van der Waals surface area contributed by atoms with Crippen LogP contribution < -0.4 is 0 Å². The van der Waals surface area contributed by atoms with E-state index in [1.807, 2.05) is 95.7 Å². The van der Waals surface area contributed by atoms with Crippen molar-refractivity contribution < 1.29 is 35.8 Å². The molecule has 0 radical (unpaired) electrons. The van der Waals surface area contributed by atoms with E-state index in [0.717, 1.165) is 22.5 Å². The molecule has 8 aromatic rings. The van der Waals surface area contributed by atoms with Gasteiger partial charge in [0.2, 0.25) is 5.69 Å². The van der Waals surface area contributed by atoms with Gasteiger partial charge in [-0.3, -0.25) is 4.98 Å². The second kappa shape index (κ2) is 16.6. The number of hydrogen-bond donors (Lipinski definition) is 0. The molecule has 0 saturated carbocycles. The first-order chi connectivity index (χ1) is 31.3. The van der Waals surface area contributed by atoms with Crippen molar-refractivity contribution in [3.8, 4) is 56.0 Å². The maximum atomic E-state index is 9.55. The Labute approximate surface area is 364 Å². The van der Waals surface area contributed by atoms with E-state index in [0.29, 0.717) is 44.8 Å². The van der Waals surface area contributed by atoms with Gasteiger partial charge in [-0.15, -0.1) is 102 Å². The van der Waals surface area contributed by atoms with Gasteiger partial charge in [0.25, 0.3) is 0 Å². The Morgan fingerprint density at radius 3 is 1.76 bits per heavy atom. The van der Waals surface area contributed by atoms with Gasteiger partial charge in [0.1, 0.15) is 0 Å². The molecule has 0 aliphatic carbocycles. The summed E-state index contributed by atoms with van der Waals surface area (Å²) in [5.41, 5.74) is 7.69. The minimum absolute atomic E-state index is 0. The first kappa shape index (κ1) is 28.9. The number of nitrogens with zero attached hydrogens (tertiary/aromatic N) is 5. The Morgan fingerprint density at radius 2 is 1.16 bits per heavy atom. The van der Waals surface area contributed by atoms with Crippen LogP contribution in [0.1, 0.15) is 44.8 Å². The Bertz CT molecular complexity index is 3040. The van der Waals surface area contributed by atoms with Crippen LogP contribution in [-0.4, -0.2) is 19.6 Å². The van der Waals surface area contributed by atoms with Gasteiger partial charge in [0.15, 0.2) is 6.04 Å². The number of azo groups is 2. The number of rotatable bonds is 10. The topological polar surface area (TPSA) is 54.0 Å². The zero-order valence-corrected chi connectivity index (χ0v) is 33.2. The molecule has 3 aromatic heterocycles. The quantitative estimate of drug-likeness (QED) is 0.101. The molecule has 1 atom stereocenters. The average Bonchev–Trinajstić information content (AvgIpc) is 3.85. The first-order valence-electron chi connectivity index (χ1n) is 22.6. The van der Waals surface area contributed by atoms with Crippen LogP contribution in [-0.2, 0) is 45.6 Å². The summed E-state index contributed by atoms with van der Waals surface area (Å²) in [5.74, 6) is 0. The summed E-state index contributed by atoms with van der Waals surface area (Å²) in [6.45, 7) is 0. The molecular formula is C52H37IrN5+. The second-order valence-electron chi connectivity index (χ2n) is 13.6. The SMILES string of the molecule is [2H]C([2H])(c1ccc(-c2[c-]cccc2)nc1)C([2H])([2H])c1cc(-c2ccccc2-c2cnc3c(c2)[N+]2=NC=CC2c2ccc[c-]c2-3)cc(C([2H])([2H])C([2H])([2H])c2ccc(-c3[c-]cccc3)nc2)c1.[Ir+3]. The Morgan fingerprint density at radius 1 is 0.552 bits per heavy atom. The van der Waals surface area contributed by atoms with Crippen LogP contribution in [0.5, 0.6) is 0 Å². The zero-order valence-electron chi connectivity index (χ0n) is 38.8. The normalized spacial score (nSPS) is 16.6. The smallest absolute Gasteiger partial charge is 0.304 e. The first-order valence-corrected chi connectivity index (χ1v) is 18.6. The molecule has 278 valence electrons. The summed E-state index contributed by atoms with van der Waals surface area (Å²) in [6, 6.07) is 49.6. The van der Waals surface area contributed by atoms with E-state index >= 15 is 0 Å². The number of hydrogen-bond acceptors (Lipinski definition) is 4. The maximum absolute atomic E-state index is 9.55. The summed E-state index contributed by atoms with van der Waals surface area (Å²) in [4.78, 5) is 13.9. The Hall–Kier alpha value is -6.46. The van der Waals surface area contributed by atoms with Crippen molar-refractivity contribution in [3.63, 3.8) is 0 Å². The van der Waals surface area contributed by atoms with Crippen LogP contribution in [0.4, 0.5) is 5.69 Å². The molecule has 0 fully saturated rings. The fourth-order valence-electron chi connectivity index (χ4n) is 7.22. The molecule has 5 nitrogen and oxygen atoms in total. The number of aromatic nitrogens is 3. The van der Waals surface area contributed by atoms with E-state index in [4.69, 9.17) is 4.98 Å². The fourth-order valence-corrected chi connectivity index (χ4v) is 7.22. The van der Waals surface area contributed by atoms with Crippen LogP contribution >= 0.6 is 0 Å². The molecule has 5 heterocycles. The van der Waals surface area contributed by atoms with Gasteiger partial charge in [0.05, 0.1) is 11.9 Å². The molecule has 2 aliphatic rings. The summed E-state index contributed by atoms with van der Waals surface area (Å²) in [7, 11) is 0. The zero-order chi connectivity index (χ0) is 45.1. The van der Waals surface area contributed by atoms with Crippen LogP contribution in [0.2, 0.25) is 0 Å². The van der Waals surface area contributed by atoms with Crippen LogP contribution in [0, 0.1) is 18.2 Å². The van der Waals surface area contributed by atoms with Crippen LogP contribution in [0.25, 0.3) is 56.0 Å². The molecule has 0 saturated heterocycles. The van der Waals surface area contributed by atoms with Crippen molar-refractivity contribution in [2.24, 2.45) is 5.11 Å². The van der Waals surface area contributed by atoms with Gasteiger partial charge < -0.3 is 9.97 Å². The van der Waals surface area contributed by atoms with Crippen molar-refractivity contribution in [2.75, 3.05) is 0 Å². The number of fused-ring (bicyclic) bond motifs is 6. The number of benzene rings is 5. The molecule has 10 rings (SSSR count). The standard InChI is InChI=1S/C52H37N5.Ir/c1-3-11-40(12-4-1)48-25-23-36(33-53-48)19-21-38-29-39(22-20-37-24-26-49(54-34-37)41-13-5-2-6-14-41)31-42(30-38)44-15-7-8-16-45(44)43-32-51-52(55-35-43)47-18-10-9-17-46(47)50-27-28-56-57(50)51;/h1-11,13,15-17,23-35,50H,19-22H2;/q-2;+3/i19D2,20D2,21D2,22D2;. The van der Waals surface area contributed by atoms with Gasteiger partial charge in [-0.1, -0.05) is 77.0 Å². The minimum Gasteiger partial charge on any atom is -0.304 e. The van der Waals surface area contributed by atoms with E-state index in [2.05, 4.69) is 33.3 Å². The van der Waals surface area contributed by atoms with Gasteiger partial charge in [0, 0.05) is 47.3 Å². The average molecular weight is 932 g/mol. The number of aryl methyl sites for hydroxylation is 4. The van der Waals surface area contributed by atoms with Gasteiger partial charge in [-0.2, -0.15) is 0 Å². The Balaban J connectivity index is 0.00000548. The van der Waals surface area contributed by atoms with E-state index in [9.17, 15) is 11.0 Å². The number of pyridine rings is 3. The summed E-state index contributed by atoms with van der Waals surface area (Å²) < 4.78 is 77.5. The molecule has 0 N–H and O–H groups in total. The van der Waals surface area contributed by atoms with Crippen molar-refractivity contribution in [1.29, 1.82) is 0 Å². The minimum atomic E-state index is -2.80. The molecule has 0 amide bonds. The van der Waals surface area contributed by atoms with Crippen LogP contribution in [0.3, 0.4) is 0 Å². The summed E-state index contributed by atoms with van der Waals surface area (Å²) >= 11 is 0. The third kappa shape index (κ3) is 7.53. The predicted octanol–water partition coefficient (Wildman–Crippen LogP) is 11.9. The van der Waals surface area contributed by atoms with E-state index in [1.54, 1.807) is 36.7 Å². The van der Waals surface area contributed by atoms with E-state index in [1.165, 1.54) is 42.7 Å². The molecule has 58 heavy (non-hydrogen) atoms. The van der Waals surface area contributed by atoms with E-state index < -0.39 is 25.5 Å². The predicted molar refractivity (Wildman–Crippen MR) is 225 cm³/mol. The molecule has 5 aromatic carbocycles. The van der Waals surface area contributed by atoms with Gasteiger partial charge in [-0.05, 0) is 80.9 Å². The second-order valence-corrected chi connectivity index (χ2v) is 13.6. The van der Waals surface area contributed by atoms with Crippen LogP contribution in [0.15, 0.2) is 176 Å². The molecule has 0 bridgehead atoms. The third-order valence-electron chi connectivity index (χ3n) is 9.96. The molecule has 1 unspecified atom stereocenters. The van der Waals surface area contributed by atoms with Gasteiger partial charge in [-0.25, -0.2) is 0 Å². The van der Waals surface area contributed by atoms with Crippen molar-refractivity contribution >= 4 is 5.69 Å². The van der Waals surface area contributed by atoms with Crippen molar-refractivity contribution in [1.82, 2.24) is 15.0 Å². The fraction of sp³-hybridized carbons (Fsp3) is 0.0962. The monoisotopic (exact) mass is 932 g/mol. The molecular weight excluding hydrogens is 887 g/mol. The molecule has 2 aliphatic heterocycles. The summed E-state index contributed by atoms with van der Waals surface area (Å²) in [5, 5.41) is 4.66. The third-order valence-corrected chi connectivity index (χ3v) is 9.96. The molecule has 0 spiro atoms. The maximum Gasteiger partial charge on any atom is 3.00 e. The molecule has 6 heteroatoms. The summed E-state index contributed by atoms with van der Waals surface area (Å²) in [6.07, 6.45) is -2.86.